The van der Waals surface area contributed by atoms with Gasteiger partial charge in [0.25, 0.3) is 0 Å². The summed E-state index contributed by atoms with van der Waals surface area (Å²) in [5.74, 6) is 0.826. The van der Waals surface area contributed by atoms with Crippen LogP contribution in [0.3, 0.4) is 0 Å². The maximum Gasteiger partial charge on any atom is 0.154 e. The Kier molecular flexibility index (Phi) is 1.72. The second-order valence-corrected chi connectivity index (χ2v) is 3.14. The molecular formula is C6H5IN4. The Balaban J connectivity index is 2.54. The highest BCUT2D eigenvalue weighted by Gasteiger charge is 2.09. The molecule has 1 aromatic heterocycles. The number of nitrogens with zero attached hydrogens (tertiary/aromatic N) is 3. The summed E-state index contributed by atoms with van der Waals surface area (Å²) >= 11 is 2.19. The van der Waals surface area contributed by atoms with Crippen molar-refractivity contribution in [2.75, 3.05) is 5.43 Å². The second kappa shape index (κ2) is 2.72. The first-order chi connectivity index (χ1) is 5.38. The number of hydrogen-bond acceptors (Lipinski definition) is 4. The second-order valence-electron chi connectivity index (χ2n) is 2.12. The predicted octanol–water partition coefficient (Wildman–Crippen LogP) is 1.04. The van der Waals surface area contributed by atoms with Gasteiger partial charge in [-0.3, -0.25) is 5.43 Å². The van der Waals surface area contributed by atoms with E-state index < -0.39 is 0 Å². The van der Waals surface area contributed by atoms with Gasteiger partial charge in [0.15, 0.2) is 5.82 Å². The smallest absolute Gasteiger partial charge is 0.154 e. The van der Waals surface area contributed by atoms with Crippen LogP contribution in [0.15, 0.2) is 11.4 Å². The van der Waals surface area contributed by atoms with Gasteiger partial charge in [-0.05, 0) is 22.6 Å². The van der Waals surface area contributed by atoms with Crippen LogP contribution in [0.5, 0.6) is 0 Å². The lowest BCUT2D eigenvalue weighted by Crippen LogP contribution is -2.08. The van der Waals surface area contributed by atoms with Gasteiger partial charge in [-0.25, -0.2) is 9.97 Å². The first kappa shape index (κ1) is 6.96. The Labute approximate surface area is 77.3 Å². The van der Waals surface area contributed by atoms with E-state index in [1.54, 1.807) is 0 Å². The molecule has 0 atom stereocenters. The largest absolute Gasteiger partial charge is 0.261 e. The number of hydrazone groups is 1. The normalized spacial score (nSPS) is 13.9. The number of nitrogens with one attached hydrogen (secondary N) is 1. The molecule has 0 saturated carbocycles. The Morgan fingerprint density at radius 2 is 2.36 bits per heavy atom. The molecule has 4 nitrogen and oxygen atoms in total. The van der Waals surface area contributed by atoms with E-state index in [1.807, 2.05) is 6.21 Å². The maximum atomic E-state index is 4.07. The van der Waals surface area contributed by atoms with Crippen molar-refractivity contribution in [3.63, 3.8) is 0 Å². The molecule has 0 spiro atoms. The zero-order valence-electron chi connectivity index (χ0n) is 5.58. The van der Waals surface area contributed by atoms with E-state index in [1.165, 1.54) is 6.33 Å². The molecule has 11 heavy (non-hydrogen) atoms. The van der Waals surface area contributed by atoms with Crippen LogP contribution in [-0.4, -0.2) is 16.2 Å². The van der Waals surface area contributed by atoms with Gasteiger partial charge in [0.05, 0.1) is 0 Å². The zero-order valence-corrected chi connectivity index (χ0v) is 7.74. The molecule has 2 rings (SSSR count). The summed E-state index contributed by atoms with van der Waals surface area (Å²) in [4.78, 5) is 8.11. The van der Waals surface area contributed by atoms with Gasteiger partial charge < -0.3 is 0 Å². The number of rotatable bonds is 0. The average Bonchev–Trinajstić information content (AvgIpc) is 2.06. The fraction of sp³-hybridized carbons (Fsp3) is 0.167. The molecule has 0 radical (unpaired) electrons. The van der Waals surface area contributed by atoms with Gasteiger partial charge >= 0.3 is 0 Å². The third kappa shape index (κ3) is 1.20. The molecule has 0 amide bonds. The summed E-state index contributed by atoms with van der Waals surface area (Å²) in [7, 11) is 0. The van der Waals surface area contributed by atoms with E-state index in [4.69, 9.17) is 0 Å². The highest BCUT2D eigenvalue weighted by molar-refractivity contribution is 14.1. The molecule has 0 aromatic carbocycles. The van der Waals surface area contributed by atoms with Crippen molar-refractivity contribution in [2.24, 2.45) is 5.10 Å². The molecule has 1 N–H and O–H groups in total. The van der Waals surface area contributed by atoms with Crippen LogP contribution >= 0.6 is 22.6 Å². The van der Waals surface area contributed by atoms with Crippen LogP contribution in [0.1, 0.15) is 5.56 Å². The van der Waals surface area contributed by atoms with E-state index in [9.17, 15) is 0 Å². The van der Waals surface area contributed by atoms with Crippen LogP contribution in [0, 0.1) is 3.70 Å². The van der Waals surface area contributed by atoms with Gasteiger partial charge in [-0.15, -0.1) is 0 Å². The average molecular weight is 260 g/mol. The summed E-state index contributed by atoms with van der Waals surface area (Å²) in [6.45, 7) is 0. The first-order valence-corrected chi connectivity index (χ1v) is 4.22. The van der Waals surface area contributed by atoms with E-state index in [0.29, 0.717) is 0 Å². The van der Waals surface area contributed by atoms with Crippen LogP contribution in [0.4, 0.5) is 5.82 Å². The number of halogens is 1. The summed E-state index contributed by atoms with van der Waals surface area (Å²) < 4.78 is 0.992. The van der Waals surface area contributed by atoms with Gasteiger partial charge in [0.2, 0.25) is 0 Å². The van der Waals surface area contributed by atoms with Crippen LogP contribution in [-0.2, 0) is 6.42 Å². The quantitative estimate of drug-likeness (QED) is 0.560. The molecule has 0 fully saturated rings. The van der Waals surface area contributed by atoms with Gasteiger partial charge in [-0.2, -0.15) is 5.10 Å². The van der Waals surface area contributed by atoms with Crippen LogP contribution in [0.2, 0.25) is 0 Å². The Hall–Kier alpha value is -0.720. The Bertz CT molecular complexity index is 309. The summed E-state index contributed by atoms with van der Waals surface area (Å²) in [5.41, 5.74) is 3.94. The summed E-state index contributed by atoms with van der Waals surface area (Å²) in [5, 5.41) is 3.89. The van der Waals surface area contributed by atoms with E-state index >= 15 is 0 Å². The lowest BCUT2D eigenvalue weighted by Gasteiger charge is -2.10. The molecule has 1 aliphatic rings. The van der Waals surface area contributed by atoms with Crippen LogP contribution in [0.25, 0.3) is 0 Å². The molecule has 0 bridgehead atoms. The van der Waals surface area contributed by atoms with E-state index in [2.05, 4.69) is 43.1 Å². The molecule has 0 aliphatic carbocycles. The molecular weight excluding hydrogens is 255 g/mol. The van der Waals surface area contributed by atoms with Gasteiger partial charge in [0.1, 0.15) is 10.0 Å². The minimum atomic E-state index is 0.821. The molecule has 2 heterocycles. The van der Waals surface area contributed by atoms with E-state index in [-0.39, 0.29) is 0 Å². The monoisotopic (exact) mass is 260 g/mol. The fourth-order valence-electron chi connectivity index (χ4n) is 0.912. The molecule has 56 valence electrons. The van der Waals surface area contributed by atoms with Gasteiger partial charge in [0, 0.05) is 18.2 Å². The van der Waals surface area contributed by atoms with Crippen LogP contribution < -0.4 is 5.43 Å². The topological polar surface area (TPSA) is 50.2 Å². The highest BCUT2D eigenvalue weighted by atomic mass is 127. The van der Waals surface area contributed by atoms with Crippen molar-refractivity contribution >= 4 is 34.6 Å². The lowest BCUT2D eigenvalue weighted by atomic mass is 10.2. The van der Waals surface area contributed by atoms with Crippen molar-refractivity contribution in [3.05, 3.63) is 15.6 Å². The maximum absolute atomic E-state index is 4.07. The third-order valence-electron chi connectivity index (χ3n) is 1.45. The standard InChI is InChI=1S/C6H5IN4/c7-5-4-1-2-10-11-6(4)9-3-8-5/h2-3H,1H2,(H,8,9,11). The molecule has 5 heteroatoms. The number of aromatic nitrogens is 2. The molecule has 1 aliphatic heterocycles. The number of anilines is 1. The van der Waals surface area contributed by atoms with Gasteiger partial charge in [-0.1, -0.05) is 0 Å². The van der Waals surface area contributed by atoms with E-state index in [0.717, 1.165) is 21.5 Å². The fourth-order valence-corrected chi connectivity index (χ4v) is 1.51. The molecule has 1 aromatic rings. The minimum absolute atomic E-state index is 0.821. The van der Waals surface area contributed by atoms with Crippen molar-refractivity contribution in [1.82, 2.24) is 9.97 Å². The zero-order chi connectivity index (χ0) is 7.68. The Morgan fingerprint density at radius 1 is 1.45 bits per heavy atom. The number of fused-ring (bicyclic) bond motifs is 1. The van der Waals surface area contributed by atoms with Crippen molar-refractivity contribution in [1.29, 1.82) is 0 Å². The first-order valence-electron chi connectivity index (χ1n) is 3.15. The molecule has 0 saturated heterocycles. The van der Waals surface area contributed by atoms with Crippen molar-refractivity contribution < 1.29 is 0 Å². The lowest BCUT2D eigenvalue weighted by molar-refractivity contribution is 1.04. The van der Waals surface area contributed by atoms with Crippen molar-refractivity contribution in [3.8, 4) is 0 Å². The summed E-state index contributed by atoms with van der Waals surface area (Å²) in [6, 6.07) is 0. The third-order valence-corrected chi connectivity index (χ3v) is 2.38. The molecule has 0 unspecified atom stereocenters. The Morgan fingerprint density at radius 3 is 3.18 bits per heavy atom. The predicted molar refractivity (Wildman–Crippen MR) is 50.6 cm³/mol. The SMILES string of the molecule is Ic1ncnc2c1CC=NN2. The highest BCUT2D eigenvalue weighted by Crippen LogP contribution is 2.18. The summed E-state index contributed by atoms with van der Waals surface area (Å²) in [6.07, 6.45) is 4.17. The van der Waals surface area contributed by atoms with Crippen molar-refractivity contribution in [2.45, 2.75) is 6.42 Å². The minimum Gasteiger partial charge on any atom is -0.261 e. The number of hydrogen-bond donors (Lipinski definition) is 1.